The molecule has 6 nitrogen and oxygen atoms in total. The Morgan fingerprint density at radius 2 is 1.77 bits per heavy atom. The largest absolute Gasteiger partial charge is 0.497 e. The standard InChI is InChI=1S/C20H24N2O4/c1-14-5-10-18(15(2)11-14)26-13-20(24)22(3)12-19(23)21-16-6-8-17(25-4)9-7-16/h5-11H,12-13H2,1-4H3,(H,21,23). The fourth-order valence-electron chi connectivity index (χ4n) is 2.39. The van der Waals surface area contributed by atoms with E-state index < -0.39 is 0 Å². The first-order valence-electron chi connectivity index (χ1n) is 8.27. The molecule has 6 heteroatoms. The Kier molecular flexibility index (Phi) is 6.60. The van der Waals surface area contributed by atoms with E-state index >= 15 is 0 Å². The van der Waals surface area contributed by atoms with Crippen LogP contribution in [0.25, 0.3) is 0 Å². The van der Waals surface area contributed by atoms with Gasteiger partial charge in [0, 0.05) is 12.7 Å². The normalized spacial score (nSPS) is 10.2. The summed E-state index contributed by atoms with van der Waals surface area (Å²) in [5, 5.41) is 2.74. The molecule has 2 aromatic rings. The summed E-state index contributed by atoms with van der Waals surface area (Å²) in [7, 11) is 3.15. The van der Waals surface area contributed by atoms with Gasteiger partial charge in [-0.1, -0.05) is 17.7 Å². The number of benzene rings is 2. The van der Waals surface area contributed by atoms with Crippen molar-refractivity contribution in [3.8, 4) is 11.5 Å². The topological polar surface area (TPSA) is 67.9 Å². The van der Waals surface area contributed by atoms with Gasteiger partial charge in [-0.15, -0.1) is 0 Å². The third kappa shape index (κ3) is 5.51. The minimum absolute atomic E-state index is 0.0545. The summed E-state index contributed by atoms with van der Waals surface area (Å²) in [5.41, 5.74) is 2.74. The summed E-state index contributed by atoms with van der Waals surface area (Å²) < 4.78 is 10.6. The molecule has 1 N–H and O–H groups in total. The van der Waals surface area contributed by atoms with Crippen LogP contribution in [-0.4, -0.2) is 44.0 Å². The minimum Gasteiger partial charge on any atom is -0.497 e. The molecule has 0 atom stereocenters. The third-order valence-corrected chi connectivity index (χ3v) is 3.86. The van der Waals surface area contributed by atoms with Crippen molar-refractivity contribution in [2.45, 2.75) is 13.8 Å². The van der Waals surface area contributed by atoms with Crippen LogP contribution in [0, 0.1) is 13.8 Å². The summed E-state index contributed by atoms with van der Waals surface area (Å²) in [5.74, 6) is 0.825. The Morgan fingerprint density at radius 1 is 1.08 bits per heavy atom. The zero-order valence-corrected chi connectivity index (χ0v) is 15.5. The maximum absolute atomic E-state index is 12.2. The van der Waals surface area contributed by atoms with E-state index in [2.05, 4.69) is 5.32 Å². The molecular weight excluding hydrogens is 332 g/mol. The zero-order chi connectivity index (χ0) is 19.1. The third-order valence-electron chi connectivity index (χ3n) is 3.86. The van der Waals surface area contributed by atoms with Gasteiger partial charge in [-0.3, -0.25) is 9.59 Å². The Balaban J connectivity index is 1.82. The van der Waals surface area contributed by atoms with Crippen molar-refractivity contribution in [3.05, 3.63) is 53.6 Å². The number of likely N-dealkylation sites (N-methyl/N-ethyl adjacent to an activating group) is 1. The number of anilines is 1. The van der Waals surface area contributed by atoms with Gasteiger partial charge in [0.15, 0.2) is 6.61 Å². The molecule has 0 heterocycles. The predicted molar refractivity (Wildman–Crippen MR) is 101 cm³/mol. The van der Waals surface area contributed by atoms with Crippen LogP contribution >= 0.6 is 0 Å². The van der Waals surface area contributed by atoms with Crippen LogP contribution in [-0.2, 0) is 9.59 Å². The molecule has 0 fully saturated rings. The van der Waals surface area contributed by atoms with Gasteiger partial charge >= 0.3 is 0 Å². The van der Waals surface area contributed by atoms with Crippen molar-refractivity contribution in [2.75, 3.05) is 32.6 Å². The van der Waals surface area contributed by atoms with E-state index in [1.54, 1.807) is 38.4 Å². The number of hydrogen-bond donors (Lipinski definition) is 1. The molecule has 2 aromatic carbocycles. The maximum atomic E-state index is 12.2. The Bertz CT molecular complexity index is 772. The van der Waals surface area contributed by atoms with E-state index in [0.717, 1.165) is 11.1 Å². The first kappa shape index (κ1) is 19.3. The van der Waals surface area contributed by atoms with Gasteiger partial charge in [0.2, 0.25) is 5.91 Å². The van der Waals surface area contributed by atoms with Gasteiger partial charge in [0.25, 0.3) is 5.91 Å². The summed E-state index contributed by atoms with van der Waals surface area (Å²) >= 11 is 0. The minimum atomic E-state index is -0.280. The van der Waals surface area contributed by atoms with Crippen LogP contribution < -0.4 is 14.8 Å². The SMILES string of the molecule is COc1ccc(NC(=O)CN(C)C(=O)COc2ccc(C)cc2C)cc1. The number of amides is 2. The van der Waals surface area contributed by atoms with Gasteiger partial charge < -0.3 is 19.7 Å². The highest BCUT2D eigenvalue weighted by Crippen LogP contribution is 2.18. The number of nitrogens with one attached hydrogen (secondary N) is 1. The second-order valence-electron chi connectivity index (χ2n) is 6.08. The van der Waals surface area contributed by atoms with Crippen LogP contribution in [0.2, 0.25) is 0 Å². The lowest BCUT2D eigenvalue weighted by Crippen LogP contribution is -2.37. The number of nitrogens with zero attached hydrogens (tertiary/aromatic N) is 1. The molecule has 0 saturated carbocycles. The fourth-order valence-corrected chi connectivity index (χ4v) is 2.39. The highest BCUT2D eigenvalue weighted by molar-refractivity contribution is 5.94. The van der Waals surface area contributed by atoms with Gasteiger partial charge in [-0.25, -0.2) is 0 Å². The van der Waals surface area contributed by atoms with Crippen LogP contribution in [0.3, 0.4) is 0 Å². The van der Waals surface area contributed by atoms with E-state index in [0.29, 0.717) is 17.2 Å². The van der Waals surface area contributed by atoms with Crippen LogP contribution in [0.15, 0.2) is 42.5 Å². The average molecular weight is 356 g/mol. The lowest BCUT2D eigenvalue weighted by Gasteiger charge is -2.18. The number of aryl methyl sites for hydroxylation is 2. The van der Waals surface area contributed by atoms with Gasteiger partial charge in [-0.05, 0) is 49.7 Å². The highest BCUT2D eigenvalue weighted by Gasteiger charge is 2.14. The lowest BCUT2D eigenvalue weighted by atomic mass is 10.1. The first-order chi connectivity index (χ1) is 12.4. The molecule has 0 spiro atoms. The van der Waals surface area contributed by atoms with Gasteiger partial charge in [-0.2, -0.15) is 0 Å². The molecule has 0 radical (unpaired) electrons. The van der Waals surface area contributed by atoms with Gasteiger partial charge in [0.1, 0.15) is 11.5 Å². The molecule has 0 bridgehead atoms. The Hall–Kier alpha value is -3.02. The van der Waals surface area contributed by atoms with Crippen molar-refractivity contribution in [3.63, 3.8) is 0 Å². The monoisotopic (exact) mass is 356 g/mol. The Morgan fingerprint density at radius 3 is 2.38 bits per heavy atom. The molecule has 2 rings (SSSR count). The number of carbonyl (C=O) groups is 2. The molecular formula is C20H24N2O4. The maximum Gasteiger partial charge on any atom is 0.260 e. The summed E-state index contributed by atoms with van der Waals surface area (Å²) in [4.78, 5) is 25.6. The number of hydrogen-bond acceptors (Lipinski definition) is 4. The summed E-state index contributed by atoms with van der Waals surface area (Å²) in [6.07, 6.45) is 0. The summed E-state index contributed by atoms with van der Waals surface area (Å²) in [6, 6.07) is 12.7. The highest BCUT2D eigenvalue weighted by atomic mass is 16.5. The first-order valence-corrected chi connectivity index (χ1v) is 8.27. The van der Waals surface area contributed by atoms with Crippen LogP contribution in [0.5, 0.6) is 11.5 Å². The number of rotatable bonds is 7. The van der Waals surface area contributed by atoms with E-state index in [9.17, 15) is 9.59 Å². The number of methoxy groups -OCH3 is 1. The molecule has 0 saturated heterocycles. The predicted octanol–water partition coefficient (Wildman–Crippen LogP) is 2.79. The molecule has 2 amide bonds. The number of ether oxygens (including phenoxy) is 2. The molecule has 26 heavy (non-hydrogen) atoms. The molecule has 0 aliphatic carbocycles. The van der Waals surface area contributed by atoms with E-state index in [1.807, 2.05) is 32.0 Å². The molecule has 0 aliphatic rings. The quantitative estimate of drug-likeness (QED) is 0.828. The van der Waals surface area contributed by atoms with E-state index in [4.69, 9.17) is 9.47 Å². The van der Waals surface area contributed by atoms with Crippen LogP contribution in [0.1, 0.15) is 11.1 Å². The molecule has 0 unspecified atom stereocenters. The fraction of sp³-hybridized carbons (Fsp3) is 0.300. The molecule has 138 valence electrons. The lowest BCUT2D eigenvalue weighted by molar-refractivity contribution is -0.135. The Labute approximate surface area is 153 Å². The van der Waals surface area contributed by atoms with Gasteiger partial charge in [0.05, 0.1) is 13.7 Å². The van der Waals surface area contributed by atoms with E-state index in [-0.39, 0.29) is 25.0 Å². The number of carbonyl (C=O) groups excluding carboxylic acids is 2. The van der Waals surface area contributed by atoms with Crippen LogP contribution in [0.4, 0.5) is 5.69 Å². The summed E-state index contributed by atoms with van der Waals surface area (Å²) in [6.45, 7) is 3.76. The smallest absolute Gasteiger partial charge is 0.260 e. The van der Waals surface area contributed by atoms with Crippen molar-refractivity contribution < 1.29 is 19.1 Å². The molecule has 0 aromatic heterocycles. The average Bonchev–Trinajstić information content (AvgIpc) is 2.61. The second kappa shape index (κ2) is 8.89. The van der Waals surface area contributed by atoms with E-state index in [1.165, 1.54) is 4.90 Å². The second-order valence-corrected chi connectivity index (χ2v) is 6.08. The van der Waals surface area contributed by atoms with Crippen molar-refractivity contribution in [1.29, 1.82) is 0 Å². The van der Waals surface area contributed by atoms with Crippen molar-refractivity contribution in [1.82, 2.24) is 4.90 Å². The van der Waals surface area contributed by atoms with Crippen molar-refractivity contribution in [2.24, 2.45) is 0 Å². The zero-order valence-electron chi connectivity index (χ0n) is 15.5. The van der Waals surface area contributed by atoms with Crippen molar-refractivity contribution >= 4 is 17.5 Å². The molecule has 0 aliphatic heterocycles.